The number of hydrogen-bond donors (Lipinski definition) is 3. The van der Waals surface area contributed by atoms with Gasteiger partial charge in [0, 0.05) is 23.3 Å². The molecule has 1 aromatic rings. The standard InChI is InChI=1S/C8H12BrN3O2/c9-2-1-6(13)7(14)5-3-11-8(10)12-4-5/h3-4,6-7,13-14H,1-2H2,(H2,10,11,12). The number of aromatic nitrogens is 2. The lowest BCUT2D eigenvalue weighted by Gasteiger charge is -2.16. The van der Waals surface area contributed by atoms with Crippen molar-refractivity contribution in [3.05, 3.63) is 18.0 Å². The van der Waals surface area contributed by atoms with E-state index in [9.17, 15) is 10.2 Å². The maximum atomic E-state index is 9.62. The van der Waals surface area contributed by atoms with Crippen LogP contribution < -0.4 is 5.73 Å². The Morgan fingerprint density at radius 2 is 1.93 bits per heavy atom. The van der Waals surface area contributed by atoms with Crippen LogP contribution in [-0.4, -0.2) is 31.6 Å². The first kappa shape index (κ1) is 11.4. The number of halogens is 1. The zero-order valence-corrected chi connectivity index (χ0v) is 9.05. The van der Waals surface area contributed by atoms with Gasteiger partial charge >= 0.3 is 0 Å². The van der Waals surface area contributed by atoms with E-state index in [1.165, 1.54) is 12.4 Å². The zero-order chi connectivity index (χ0) is 10.6. The van der Waals surface area contributed by atoms with Gasteiger partial charge in [-0.3, -0.25) is 0 Å². The summed E-state index contributed by atoms with van der Waals surface area (Å²) in [4.78, 5) is 7.45. The lowest BCUT2D eigenvalue weighted by atomic mass is 10.1. The van der Waals surface area contributed by atoms with Crippen molar-refractivity contribution < 1.29 is 10.2 Å². The van der Waals surface area contributed by atoms with Gasteiger partial charge in [0.1, 0.15) is 6.10 Å². The molecule has 0 saturated heterocycles. The number of anilines is 1. The van der Waals surface area contributed by atoms with E-state index < -0.39 is 12.2 Å². The molecule has 78 valence electrons. The van der Waals surface area contributed by atoms with Gasteiger partial charge in [-0.1, -0.05) is 15.9 Å². The van der Waals surface area contributed by atoms with Gasteiger partial charge in [0.15, 0.2) is 0 Å². The molecule has 2 atom stereocenters. The molecule has 0 fully saturated rings. The van der Waals surface area contributed by atoms with Crippen LogP contribution in [0.5, 0.6) is 0 Å². The highest BCUT2D eigenvalue weighted by Crippen LogP contribution is 2.18. The summed E-state index contributed by atoms with van der Waals surface area (Å²) in [5, 5.41) is 19.7. The Hall–Kier alpha value is -0.720. The Kier molecular flexibility index (Phi) is 4.24. The summed E-state index contributed by atoms with van der Waals surface area (Å²) in [7, 11) is 0. The molecule has 1 heterocycles. The van der Waals surface area contributed by atoms with E-state index in [1.807, 2.05) is 0 Å². The van der Waals surface area contributed by atoms with E-state index in [2.05, 4.69) is 25.9 Å². The minimum Gasteiger partial charge on any atom is -0.390 e. The fourth-order valence-electron chi connectivity index (χ4n) is 0.993. The fourth-order valence-corrected chi connectivity index (χ4v) is 1.46. The molecule has 0 bridgehead atoms. The molecule has 14 heavy (non-hydrogen) atoms. The summed E-state index contributed by atoms with van der Waals surface area (Å²) in [5.74, 6) is 0.149. The largest absolute Gasteiger partial charge is 0.390 e. The van der Waals surface area contributed by atoms with Crippen LogP contribution in [-0.2, 0) is 0 Å². The van der Waals surface area contributed by atoms with Gasteiger partial charge in [-0.25, -0.2) is 9.97 Å². The second kappa shape index (κ2) is 5.23. The van der Waals surface area contributed by atoms with Crippen LogP contribution in [0.2, 0.25) is 0 Å². The summed E-state index contributed by atoms with van der Waals surface area (Å²) in [6, 6.07) is 0. The molecule has 1 rings (SSSR count). The second-order valence-electron chi connectivity index (χ2n) is 2.86. The molecule has 0 amide bonds. The molecule has 1 aromatic heterocycles. The maximum Gasteiger partial charge on any atom is 0.219 e. The first-order valence-electron chi connectivity index (χ1n) is 4.14. The van der Waals surface area contributed by atoms with Gasteiger partial charge in [0.2, 0.25) is 5.95 Å². The van der Waals surface area contributed by atoms with E-state index in [-0.39, 0.29) is 5.95 Å². The molecule has 0 radical (unpaired) electrons. The van der Waals surface area contributed by atoms with Crippen LogP contribution in [0.25, 0.3) is 0 Å². The molecule has 0 saturated carbocycles. The first-order chi connectivity index (χ1) is 6.65. The van der Waals surface area contributed by atoms with Crippen molar-refractivity contribution in [1.82, 2.24) is 9.97 Å². The summed E-state index contributed by atoms with van der Waals surface area (Å²) in [6.45, 7) is 0. The van der Waals surface area contributed by atoms with Gasteiger partial charge in [-0.15, -0.1) is 0 Å². The van der Waals surface area contributed by atoms with Gasteiger partial charge in [-0.05, 0) is 6.42 Å². The quantitative estimate of drug-likeness (QED) is 0.676. The van der Waals surface area contributed by atoms with Gasteiger partial charge in [-0.2, -0.15) is 0 Å². The molecular formula is C8H12BrN3O2. The fraction of sp³-hybridized carbons (Fsp3) is 0.500. The van der Waals surface area contributed by atoms with Gasteiger partial charge < -0.3 is 15.9 Å². The van der Waals surface area contributed by atoms with Crippen molar-refractivity contribution in [3.8, 4) is 0 Å². The number of nitrogens with zero attached hydrogens (tertiary/aromatic N) is 2. The highest BCUT2D eigenvalue weighted by molar-refractivity contribution is 9.09. The normalized spacial score (nSPS) is 15.1. The predicted octanol–water partition coefficient (Wildman–Crippen LogP) is 0.238. The molecule has 0 aromatic carbocycles. The van der Waals surface area contributed by atoms with Crippen LogP contribution in [0.15, 0.2) is 12.4 Å². The van der Waals surface area contributed by atoms with Crippen molar-refractivity contribution in [3.63, 3.8) is 0 Å². The van der Waals surface area contributed by atoms with E-state index in [4.69, 9.17) is 5.73 Å². The number of nitrogen functional groups attached to an aromatic ring is 1. The third-order valence-corrected chi connectivity index (χ3v) is 2.26. The lowest BCUT2D eigenvalue weighted by molar-refractivity contribution is 0.0170. The average Bonchev–Trinajstić information content (AvgIpc) is 2.18. The van der Waals surface area contributed by atoms with Crippen molar-refractivity contribution in [2.45, 2.75) is 18.6 Å². The molecule has 0 spiro atoms. The molecule has 0 aliphatic carbocycles. The van der Waals surface area contributed by atoms with E-state index in [0.717, 1.165) is 0 Å². The van der Waals surface area contributed by atoms with Gasteiger partial charge in [0.25, 0.3) is 0 Å². The Bertz CT molecular complexity index is 280. The van der Waals surface area contributed by atoms with Crippen molar-refractivity contribution in [2.75, 3.05) is 11.1 Å². The molecule has 2 unspecified atom stereocenters. The van der Waals surface area contributed by atoms with E-state index in [0.29, 0.717) is 17.3 Å². The lowest BCUT2D eigenvalue weighted by Crippen LogP contribution is -2.19. The SMILES string of the molecule is Nc1ncc(C(O)C(O)CCBr)cn1. The van der Waals surface area contributed by atoms with E-state index >= 15 is 0 Å². The van der Waals surface area contributed by atoms with Gasteiger partial charge in [0.05, 0.1) is 6.10 Å². The smallest absolute Gasteiger partial charge is 0.219 e. The molecule has 0 aliphatic heterocycles. The van der Waals surface area contributed by atoms with Crippen molar-refractivity contribution in [2.24, 2.45) is 0 Å². The number of hydrogen-bond acceptors (Lipinski definition) is 5. The highest BCUT2D eigenvalue weighted by atomic mass is 79.9. The van der Waals surface area contributed by atoms with Crippen molar-refractivity contribution >= 4 is 21.9 Å². The Morgan fingerprint density at radius 3 is 2.43 bits per heavy atom. The second-order valence-corrected chi connectivity index (χ2v) is 3.66. The Morgan fingerprint density at radius 1 is 1.36 bits per heavy atom. The third kappa shape index (κ3) is 2.90. The molecule has 4 N–H and O–H groups in total. The number of nitrogens with two attached hydrogens (primary N) is 1. The summed E-state index contributed by atoms with van der Waals surface area (Å²) in [6.07, 6.45) is 1.50. The van der Waals surface area contributed by atoms with E-state index in [1.54, 1.807) is 0 Å². The number of alkyl halides is 1. The highest BCUT2D eigenvalue weighted by Gasteiger charge is 2.18. The van der Waals surface area contributed by atoms with Crippen LogP contribution in [0.1, 0.15) is 18.1 Å². The summed E-state index contributed by atoms with van der Waals surface area (Å²) >= 11 is 3.18. The minimum absolute atomic E-state index is 0.149. The Balaban J connectivity index is 2.68. The maximum absolute atomic E-state index is 9.62. The number of rotatable bonds is 4. The number of aliphatic hydroxyl groups excluding tert-OH is 2. The zero-order valence-electron chi connectivity index (χ0n) is 7.47. The first-order valence-corrected chi connectivity index (χ1v) is 5.27. The molecule has 0 aliphatic rings. The monoisotopic (exact) mass is 261 g/mol. The summed E-state index contributed by atoms with van der Waals surface area (Å²) in [5.41, 5.74) is 5.75. The molecular weight excluding hydrogens is 250 g/mol. The molecule has 5 nitrogen and oxygen atoms in total. The minimum atomic E-state index is -0.965. The van der Waals surface area contributed by atoms with Crippen LogP contribution >= 0.6 is 15.9 Å². The summed E-state index contributed by atoms with van der Waals surface area (Å²) < 4.78 is 0. The number of aliphatic hydroxyl groups is 2. The Labute approximate surface area is 90.1 Å². The van der Waals surface area contributed by atoms with Crippen molar-refractivity contribution in [1.29, 1.82) is 0 Å². The average molecular weight is 262 g/mol. The predicted molar refractivity (Wildman–Crippen MR) is 55.8 cm³/mol. The third-order valence-electron chi connectivity index (χ3n) is 1.80. The van der Waals surface area contributed by atoms with Crippen LogP contribution in [0, 0.1) is 0 Å². The molecule has 6 heteroatoms. The van der Waals surface area contributed by atoms with Crippen LogP contribution in [0.4, 0.5) is 5.95 Å². The van der Waals surface area contributed by atoms with Crippen LogP contribution in [0.3, 0.4) is 0 Å². The topological polar surface area (TPSA) is 92.3 Å².